The lowest BCUT2D eigenvalue weighted by molar-refractivity contribution is -0.136. The summed E-state index contributed by atoms with van der Waals surface area (Å²) in [6.45, 7) is 1.07. The normalized spacial score (nSPS) is 14.0. The number of fused-ring (bicyclic) bond motifs is 1. The van der Waals surface area contributed by atoms with Crippen molar-refractivity contribution < 1.29 is 18.0 Å². The number of para-hydroxylation sites is 1. The Balaban J connectivity index is 2.13. The zero-order valence-electron chi connectivity index (χ0n) is 11.0. The van der Waals surface area contributed by atoms with E-state index in [1.807, 2.05) is 6.07 Å². The molecular formula is C13H16F3N3O. The number of carbonyl (C=O) groups is 1. The van der Waals surface area contributed by atoms with E-state index >= 15 is 0 Å². The zero-order chi connectivity index (χ0) is 14.8. The smallest absolute Gasteiger partial charge is 0.382 e. The number of nitrogens with zero attached hydrogens (tertiary/aromatic N) is 1. The van der Waals surface area contributed by atoms with Crippen molar-refractivity contribution in [2.45, 2.75) is 12.6 Å². The van der Waals surface area contributed by atoms with Gasteiger partial charge in [-0.3, -0.25) is 4.79 Å². The summed E-state index contributed by atoms with van der Waals surface area (Å²) in [7, 11) is 1.38. The summed E-state index contributed by atoms with van der Waals surface area (Å²) < 4.78 is 36.6. The minimum absolute atomic E-state index is 0.348. The fourth-order valence-electron chi connectivity index (χ4n) is 2.05. The van der Waals surface area contributed by atoms with E-state index in [2.05, 4.69) is 10.6 Å². The highest BCUT2D eigenvalue weighted by atomic mass is 19.4. The van der Waals surface area contributed by atoms with Crippen LogP contribution in [0.5, 0.6) is 0 Å². The van der Waals surface area contributed by atoms with Crippen LogP contribution in [-0.4, -0.2) is 43.7 Å². The van der Waals surface area contributed by atoms with Gasteiger partial charge in [0.05, 0.1) is 23.4 Å². The molecule has 1 amide bonds. The van der Waals surface area contributed by atoms with E-state index in [1.165, 1.54) is 7.05 Å². The van der Waals surface area contributed by atoms with Gasteiger partial charge in [0.15, 0.2) is 0 Å². The Hall–Kier alpha value is -1.92. The third-order valence-electron chi connectivity index (χ3n) is 3.11. The summed E-state index contributed by atoms with van der Waals surface area (Å²) in [5, 5.41) is 6.25. The molecule has 1 aromatic carbocycles. The molecule has 0 saturated carbocycles. The first-order chi connectivity index (χ1) is 9.38. The maximum Gasteiger partial charge on any atom is 0.390 e. The topological polar surface area (TPSA) is 44.4 Å². The predicted octanol–water partition coefficient (Wildman–Crippen LogP) is 2.55. The van der Waals surface area contributed by atoms with E-state index in [4.69, 9.17) is 0 Å². The van der Waals surface area contributed by atoms with Gasteiger partial charge in [-0.1, -0.05) is 6.07 Å². The molecule has 0 aliphatic carbocycles. The summed E-state index contributed by atoms with van der Waals surface area (Å²) >= 11 is 0. The van der Waals surface area contributed by atoms with Gasteiger partial charge in [-0.25, -0.2) is 0 Å². The molecule has 0 spiro atoms. The number of hydrogen-bond acceptors (Lipinski definition) is 3. The fraction of sp³-hybridized carbons (Fsp3) is 0.462. The maximum absolute atomic E-state index is 12.2. The summed E-state index contributed by atoms with van der Waals surface area (Å²) in [6, 6.07) is 5.16. The number of anilines is 2. The number of rotatable bonds is 3. The van der Waals surface area contributed by atoms with E-state index < -0.39 is 18.5 Å². The van der Waals surface area contributed by atoms with E-state index in [0.717, 1.165) is 17.1 Å². The van der Waals surface area contributed by atoms with E-state index in [9.17, 15) is 18.0 Å². The third-order valence-corrected chi connectivity index (χ3v) is 3.11. The number of nitrogens with one attached hydrogen (secondary N) is 2. The molecular weight excluding hydrogens is 271 g/mol. The average molecular weight is 287 g/mol. The van der Waals surface area contributed by atoms with Crippen LogP contribution in [-0.2, 0) is 0 Å². The molecule has 0 atom stereocenters. The first-order valence-corrected chi connectivity index (χ1v) is 6.31. The molecule has 1 aliphatic rings. The van der Waals surface area contributed by atoms with Crippen LogP contribution in [0.15, 0.2) is 18.2 Å². The second-order valence-corrected chi connectivity index (χ2v) is 4.67. The molecule has 0 unspecified atom stereocenters. The highest BCUT2D eigenvalue weighted by Gasteiger charge is 2.29. The minimum Gasteiger partial charge on any atom is -0.382 e. The fourth-order valence-corrected chi connectivity index (χ4v) is 2.05. The van der Waals surface area contributed by atoms with E-state index in [0.29, 0.717) is 17.8 Å². The first-order valence-electron chi connectivity index (χ1n) is 6.31. The van der Waals surface area contributed by atoms with Gasteiger partial charge in [0, 0.05) is 26.7 Å². The molecule has 0 aromatic heterocycles. The summed E-state index contributed by atoms with van der Waals surface area (Å²) in [4.78, 5) is 13.3. The standard InChI is InChI=1S/C13H16F3N3O/c1-19(8-5-13(14,15)16)12(20)9-3-2-4-10-11(9)18-7-6-17-10/h2-4,17-18H,5-8H2,1H3. The van der Waals surface area contributed by atoms with Crippen molar-refractivity contribution in [1.82, 2.24) is 4.90 Å². The largest absolute Gasteiger partial charge is 0.390 e. The Bertz CT molecular complexity index is 502. The van der Waals surface area contributed by atoms with Gasteiger partial charge < -0.3 is 15.5 Å². The molecule has 0 saturated heterocycles. The van der Waals surface area contributed by atoms with Crippen molar-refractivity contribution in [2.24, 2.45) is 0 Å². The van der Waals surface area contributed by atoms with Crippen LogP contribution in [0.4, 0.5) is 24.5 Å². The molecule has 0 radical (unpaired) electrons. The molecule has 0 fully saturated rings. The average Bonchev–Trinajstić information content (AvgIpc) is 2.42. The van der Waals surface area contributed by atoms with Crippen molar-refractivity contribution in [2.75, 3.05) is 37.3 Å². The lowest BCUT2D eigenvalue weighted by Gasteiger charge is -2.25. The molecule has 20 heavy (non-hydrogen) atoms. The summed E-state index contributed by atoms with van der Waals surface area (Å²) in [5.41, 5.74) is 1.84. The van der Waals surface area contributed by atoms with E-state index in [1.54, 1.807) is 12.1 Å². The van der Waals surface area contributed by atoms with Crippen LogP contribution in [0.25, 0.3) is 0 Å². The molecule has 1 heterocycles. The zero-order valence-corrected chi connectivity index (χ0v) is 11.0. The van der Waals surface area contributed by atoms with Crippen molar-refractivity contribution in [3.8, 4) is 0 Å². The quantitative estimate of drug-likeness (QED) is 0.898. The predicted molar refractivity (Wildman–Crippen MR) is 71.1 cm³/mol. The van der Waals surface area contributed by atoms with Crippen molar-refractivity contribution >= 4 is 17.3 Å². The van der Waals surface area contributed by atoms with Crippen LogP contribution in [0.3, 0.4) is 0 Å². The molecule has 0 bridgehead atoms. The molecule has 7 heteroatoms. The molecule has 2 N–H and O–H groups in total. The highest BCUT2D eigenvalue weighted by molar-refractivity contribution is 6.02. The Kier molecular flexibility index (Phi) is 4.06. The Labute approximate surface area is 114 Å². The number of amides is 1. The Morgan fingerprint density at radius 3 is 2.70 bits per heavy atom. The first kappa shape index (κ1) is 14.5. The van der Waals surface area contributed by atoms with Crippen molar-refractivity contribution in [3.63, 3.8) is 0 Å². The number of benzene rings is 1. The summed E-state index contributed by atoms with van der Waals surface area (Å²) in [6.07, 6.45) is -5.26. The second-order valence-electron chi connectivity index (χ2n) is 4.67. The lowest BCUT2D eigenvalue weighted by Crippen LogP contribution is -2.32. The second kappa shape index (κ2) is 5.60. The molecule has 110 valence electrons. The van der Waals surface area contributed by atoms with Crippen LogP contribution in [0.1, 0.15) is 16.8 Å². The van der Waals surface area contributed by atoms with Crippen LogP contribution >= 0.6 is 0 Å². The van der Waals surface area contributed by atoms with Crippen LogP contribution in [0, 0.1) is 0 Å². The molecule has 1 aliphatic heterocycles. The van der Waals surface area contributed by atoms with Crippen molar-refractivity contribution in [1.29, 1.82) is 0 Å². The third kappa shape index (κ3) is 3.34. The van der Waals surface area contributed by atoms with Gasteiger partial charge in [0.1, 0.15) is 0 Å². The number of halogens is 3. The van der Waals surface area contributed by atoms with Crippen molar-refractivity contribution in [3.05, 3.63) is 23.8 Å². The number of carbonyl (C=O) groups excluding carboxylic acids is 1. The Morgan fingerprint density at radius 2 is 2.00 bits per heavy atom. The van der Waals surface area contributed by atoms with E-state index in [-0.39, 0.29) is 6.54 Å². The monoisotopic (exact) mass is 287 g/mol. The van der Waals surface area contributed by atoms with Gasteiger partial charge in [-0.15, -0.1) is 0 Å². The van der Waals surface area contributed by atoms with Gasteiger partial charge in [0.25, 0.3) is 5.91 Å². The van der Waals surface area contributed by atoms with Crippen LogP contribution < -0.4 is 10.6 Å². The van der Waals surface area contributed by atoms with Gasteiger partial charge in [0.2, 0.25) is 0 Å². The molecule has 1 aromatic rings. The molecule has 4 nitrogen and oxygen atoms in total. The SMILES string of the molecule is CN(CCC(F)(F)F)C(=O)c1cccc2c1NCCN2. The Morgan fingerprint density at radius 1 is 1.30 bits per heavy atom. The highest BCUT2D eigenvalue weighted by Crippen LogP contribution is 2.29. The number of alkyl halides is 3. The molecule has 2 rings (SSSR count). The van der Waals surface area contributed by atoms with Gasteiger partial charge in [-0.05, 0) is 12.1 Å². The number of hydrogen-bond donors (Lipinski definition) is 2. The van der Waals surface area contributed by atoms with Gasteiger partial charge in [-0.2, -0.15) is 13.2 Å². The maximum atomic E-state index is 12.2. The summed E-state index contributed by atoms with van der Waals surface area (Å²) in [5.74, 6) is -0.415. The van der Waals surface area contributed by atoms with Crippen LogP contribution in [0.2, 0.25) is 0 Å². The lowest BCUT2D eigenvalue weighted by atomic mass is 10.1. The van der Waals surface area contributed by atoms with Gasteiger partial charge >= 0.3 is 6.18 Å². The minimum atomic E-state index is -4.26.